The number of likely N-dealkylation sites (tertiary alicyclic amines) is 1. The summed E-state index contributed by atoms with van der Waals surface area (Å²) in [6.07, 6.45) is 1.28. The first-order valence-electron chi connectivity index (χ1n) is 6.64. The van der Waals surface area contributed by atoms with E-state index in [0.29, 0.717) is 19.5 Å². The first kappa shape index (κ1) is 13.9. The lowest BCUT2D eigenvalue weighted by molar-refractivity contribution is -0.126. The SMILES string of the molecule is CCC1CN(CC(=O)c2ccccc2F)CCC1=O. The van der Waals surface area contributed by atoms with Crippen molar-refractivity contribution in [1.82, 2.24) is 4.90 Å². The molecule has 0 N–H and O–H groups in total. The number of Topliss-reactive ketones (excluding diaryl/α,β-unsaturated/α-hetero) is 2. The topological polar surface area (TPSA) is 37.4 Å². The third-order valence-electron chi connectivity index (χ3n) is 3.64. The molecule has 1 aliphatic rings. The number of ketones is 2. The molecule has 1 aliphatic heterocycles. The van der Waals surface area contributed by atoms with Crippen LogP contribution in [0.15, 0.2) is 24.3 Å². The van der Waals surface area contributed by atoms with Gasteiger partial charge in [0.1, 0.15) is 11.6 Å². The molecule has 1 atom stereocenters. The summed E-state index contributed by atoms with van der Waals surface area (Å²) in [5, 5.41) is 0. The smallest absolute Gasteiger partial charge is 0.179 e. The number of hydrogen-bond donors (Lipinski definition) is 0. The molecule has 0 spiro atoms. The molecule has 3 nitrogen and oxygen atoms in total. The van der Waals surface area contributed by atoms with Crippen molar-refractivity contribution in [3.63, 3.8) is 0 Å². The van der Waals surface area contributed by atoms with Crippen molar-refractivity contribution in [2.75, 3.05) is 19.6 Å². The van der Waals surface area contributed by atoms with Crippen LogP contribution in [-0.2, 0) is 4.79 Å². The van der Waals surface area contributed by atoms with Gasteiger partial charge < -0.3 is 0 Å². The first-order valence-corrected chi connectivity index (χ1v) is 6.64. The lowest BCUT2D eigenvalue weighted by Gasteiger charge is -2.30. The van der Waals surface area contributed by atoms with Crippen LogP contribution in [0.1, 0.15) is 30.1 Å². The lowest BCUT2D eigenvalue weighted by atomic mass is 9.94. The van der Waals surface area contributed by atoms with E-state index in [1.165, 1.54) is 12.1 Å². The van der Waals surface area contributed by atoms with Gasteiger partial charge in [-0.3, -0.25) is 14.5 Å². The average Bonchev–Trinajstić information content (AvgIpc) is 2.41. The van der Waals surface area contributed by atoms with E-state index in [9.17, 15) is 14.0 Å². The summed E-state index contributed by atoms with van der Waals surface area (Å²) in [7, 11) is 0. The third kappa shape index (κ3) is 3.26. The fraction of sp³-hybridized carbons (Fsp3) is 0.467. The van der Waals surface area contributed by atoms with Crippen LogP contribution in [0.5, 0.6) is 0 Å². The lowest BCUT2D eigenvalue weighted by Crippen LogP contribution is -2.43. The molecule has 1 saturated heterocycles. The fourth-order valence-corrected chi connectivity index (χ4v) is 2.45. The standard InChI is InChI=1S/C15H18FNO2/c1-2-11-9-17(8-7-14(11)18)10-15(19)12-5-3-4-6-13(12)16/h3-6,11H,2,7-10H2,1H3. The number of nitrogens with zero attached hydrogens (tertiary/aromatic N) is 1. The van der Waals surface area contributed by atoms with Crippen molar-refractivity contribution in [3.05, 3.63) is 35.6 Å². The largest absolute Gasteiger partial charge is 0.299 e. The highest BCUT2D eigenvalue weighted by molar-refractivity contribution is 5.98. The van der Waals surface area contributed by atoms with E-state index >= 15 is 0 Å². The molecule has 0 saturated carbocycles. The van der Waals surface area contributed by atoms with Crippen molar-refractivity contribution < 1.29 is 14.0 Å². The van der Waals surface area contributed by atoms with Gasteiger partial charge in [0.2, 0.25) is 0 Å². The zero-order valence-electron chi connectivity index (χ0n) is 11.1. The molecule has 1 aromatic carbocycles. The van der Waals surface area contributed by atoms with Crippen LogP contribution in [-0.4, -0.2) is 36.1 Å². The molecular formula is C15H18FNO2. The van der Waals surface area contributed by atoms with Gasteiger partial charge in [-0.25, -0.2) is 4.39 Å². The minimum Gasteiger partial charge on any atom is -0.299 e. The Hall–Kier alpha value is -1.55. The molecule has 0 amide bonds. The summed E-state index contributed by atoms with van der Waals surface area (Å²) in [5.41, 5.74) is 0.132. The third-order valence-corrected chi connectivity index (χ3v) is 3.64. The van der Waals surface area contributed by atoms with Crippen molar-refractivity contribution in [1.29, 1.82) is 0 Å². The van der Waals surface area contributed by atoms with Crippen LogP contribution >= 0.6 is 0 Å². The Morgan fingerprint density at radius 1 is 1.42 bits per heavy atom. The number of piperidine rings is 1. The first-order chi connectivity index (χ1) is 9.11. The van der Waals surface area contributed by atoms with Gasteiger partial charge in [0.25, 0.3) is 0 Å². The normalized spacial score (nSPS) is 20.5. The van der Waals surface area contributed by atoms with Crippen LogP contribution in [0.2, 0.25) is 0 Å². The molecule has 1 unspecified atom stereocenters. The van der Waals surface area contributed by atoms with Gasteiger partial charge in [-0.15, -0.1) is 0 Å². The molecule has 1 heterocycles. The van der Waals surface area contributed by atoms with Gasteiger partial charge in [-0.1, -0.05) is 19.1 Å². The van der Waals surface area contributed by atoms with Crippen LogP contribution in [0.25, 0.3) is 0 Å². The number of benzene rings is 1. The molecule has 2 rings (SSSR count). The van der Waals surface area contributed by atoms with E-state index in [1.54, 1.807) is 12.1 Å². The second-order valence-corrected chi connectivity index (χ2v) is 4.96. The number of carbonyl (C=O) groups is 2. The van der Waals surface area contributed by atoms with Crippen LogP contribution < -0.4 is 0 Å². The summed E-state index contributed by atoms with van der Waals surface area (Å²) in [4.78, 5) is 25.6. The Balaban J connectivity index is 2.00. The molecule has 1 aromatic rings. The molecule has 1 fully saturated rings. The molecular weight excluding hydrogens is 245 g/mol. The highest BCUT2D eigenvalue weighted by Crippen LogP contribution is 2.17. The number of hydrogen-bond acceptors (Lipinski definition) is 3. The maximum atomic E-state index is 13.5. The minimum absolute atomic E-state index is 0.0159. The summed E-state index contributed by atoms with van der Waals surface area (Å²) in [6, 6.07) is 6.02. The van der Waals surface area contributed by atoms with Crippen molar-refractivity contribution in [2.45, 2.75) is 19.8 Å². The zero-order valence-corrected chi connectivity index (χ0v) is 11.1. The number of rotatable bonds is 4. The summed E-state index contributed by atoms with van der Waals surface area (Å²) < 4.78 is 13.5. The number of carbonyl (C=O) groups excluding carboxylic acids is 2. The summed E-state index contributed by atoms with van der Waals surface area (Å²) >= 11 is 0. The second kappa shape index (κ2) is 6.06. The maximum absolute atomic E-state index is 13.5. The van der Waals surface area contributed by atoms with Crippen LogP contribution in [0, 0.1) is 11.7 Å². The monoisotopic (exact) mass is 263 g/mol. The molecule has 4 heteroatoms. The Morgan fingerprint density at radius 2 is 2.16 bits per heavy atom. The molecule has 102 valence electrons. The van der Waals surface area contributed by atoms with E-state index in [1.807, 2.05) is 11.8 Å². The molecule has 0 aliphatic carbocycles. The van der Waals surface area contributed by atoms with Crippen molar-refractivity contribution >= 4 is 11.6 Å². The van der Waals surface area contributed by atoms with Gasteiger partial charge in [-0.2, -0.15) is 0 Å². The van der Waals surface area contributed by atoms with Gasteiger partial charge in [0.15, 0.2) is 5.78 Å². The zero-order chi connectivity index (χ0) is 13.8. The minimum atomic E-state index is -0.479. The van der Waals surface area contributed by atoms with Crippen LogP contribution in [0.3, 0.4) is 0 Å². The van der Waals surface area contributed by atoms with Gasteiger partial charge in [0, 0.05) is 25.4 Å². The Bertz CT molecular complexity index is 487. The Kier molecular flexibility index (Phi) is 4.43. The van der Waals surface area contributed by atoms with Crippen LogP contribution in [0.4, 0.5) is 4.39 Å². The predicted octanol–water partition coefficient (Wildman–Crippen LogP) is 2.31. The average molecular weight is 263 g/mol. The van der Waals surface area contributed by atoms with E-state index in [0.717, 1.165) is 6.42 Å². The van der Waals surface area contributed by atoms with E-state index in [-0.39, 0.29) is 29.6 Å². The maximum Gasteiger partial charge on any atom is 0.179 e. The van der Waals surface area contributed by atoms with Gasteiger partial charge >= 0.3 is 0 Å². The Morgan fingerprint density at radius 3 is 2.84 bits per heavy atom. The summed E-state index contributed by atoms with van der Waals surface area (Å²) in [6.45, 7) is 3.36. The highest BCUT2D eigenvalue weighted by atomic mass is 19.1. The Labute approximate surface area is 112 Å². The fourth-order valence-electron chi connectivity index (χ4n) is 2.45. The van der Waals surface area contributed by atoms with Gasteiger partial charge in [0.05, 0.1) is 12.1 Å². The molecule has 0 bridgehead atoms. The molecule has 0 aromatic heterocycles. The van der Waals surface area contributed by atoms with E-state index in [2.05, 4.69) is 0 Å². The quantitative estimate of drug-likeness (QED) is 0.782. The van der Waals surface area contributed by atoms with E-state index < -0.39 is 5.82 Å². The highest BCUT2D eigenvalue weighted by Gasteiger charge is 2.27. The predicted molar refractivity (Wildman–Crippen MR) is 70.6 cm³/mol. The van der Waals surface area contributed by atoms with Crippen molar-refractivity contribution in [3.8, 4) is 0 Å². The van der Waals surface area contributed by atoms with E-state index in [4.69, 9.17) is 0 Å². The van der Waals surface area contributed by atoms with Gasteiger partial charge in [-0.05, 0) is 18.6 Å². The number of halogens is 1. The molecule has 19 heavy (non-hydrogen) atoms. The second-order valence-electron chi connectivity index (χ2n) is 4.96. The molecule has 0 radical (unpaired) electrons. The summed E-state index contributed by atoms with van der Waals surface area (Å²) in [5.74, 6) is -0.408. The van der Waals surface area contributed by atoms with Crippen molar-refractivity contribution in [2.24, 2.45) is 5.92 Å².